The van der Waals surface area contributed by atoms with Gasteiger partial charge < -0.3 is 34.5 Å². The molecule has 3 atom stereocenters. The van der Waals surface area contributed by atoms with Gasteiger partial charge in [0.25, 0.3) is 0 Å². The molecule has 1 amide bonds. The Hall–Kier alpha value is -3.98. The molecule has 3 aliphatic heterocycles. The molecule has 0 aliphatic carbocycles. The second-order valence-corrected chi connectivity index (χ2v) is 10.6. The quantitative estimate of drug-likeness (QED) is 0.408. The molecule has 2 bridgehead atoms. The first-order valence-corrected chi connectivity index (χ1v) is 13.5. The van der Waals surface area contributed by atoms with E-state index >= 15 is 0 Å². The van der Waals surface area contributed by atoms with Crippen molar-refractivity contribution in [2.75, 3.05) is 18.7 Å². The van der Waals surface area contributed by atoms with E-state index in [0.717, 1.165) is 27.9 Å². The number of nitrogens with zero attached hydrogens (tertiary/aromatic N) is 1. The van der Waals surface area contributed by atoms with Crippen LogP contribution in [0.3, 0.4) is 0 Å². The number of ether oxygens (including phenoxy) is 4. The van der Waals surface area contributed by atoms with Crippen LogP contribution in [-0.4, -0.2) is 35.0 Å². The Labute approximate surface area is 233 Å². The number of carbonyl (C=O) groups is 1. The van der Waals surface area contributed by atoms with Crippen LogP contribution < -0.4 is 29.6 Å². The summed E-state index contributed by atoms with van der Waals surface area (Å²) in [5, 5.41) is 7.14. The second-order valence-electron chi connectivity index (χ2n) is 10.3. The smallest absolute Gasteiger partial charge is 0.236 e. The van der Waals surface area contributed by atoms with E-state index in [-0.39, 0.29) is 12.7 Å². The number of rotatable bonds is 6. The third kappa shape index (κ3) is 4.30. The molecular weight excluding hydrogens is 514 g/mol. The zero-order valence-electron chi connectivity index (χ0n) is 22.4. The van der Waals surface area contributed by atoms with Gasteiger partial charge in [0, 0.05) is 17.8 Å². The van der Waals surface area contributed by atoms with Gasteiger partial charge in [0.2, 0.25) is 12.7 Å². The van der Waals surface area contributed by atoms with Crippen molar-refractivity contribution < 1.29 is 23.7 Å². The molecular formula is C30H31N3O5S. The van der Waals surface area contributed by atoms with Crippen LogP contribution in [0.2, 0.25) is 0 Å². The summed E-state index contributed by atoms with van der Waals surface area (Å²) in [6.45, 7) is 8.97. The fourth-order valence-electron chi connectivity index (χ4n) is 5.72. The molecule has 8 nitrogen and oxygen atoms in total. The van der Waals surface area contributed by atoms with Gasteiger partial charge in [-0.2, -0.15) is 0 Å². The van der Waals surface area contributed by atoms with Gasteiger partial charge in [-0.1, -0.05) is 35.9 Å². The zero-order chi connectivity index (χ0) is 27.3. The third-order valence-electron chi connectivity index (χ3n) is 7.62. The van der Waals surface area contributed by atoms with Crippen molar-refractivity contribution >= 4 is 28.9 Å². The van der Waals surface area contributed by atoms with Crippen molar-refractivity contribution in [3.05, 3.63) is 76.9 Å². The first-order chi connectivity index (χ1) is 18.8. The largest absolute Gasteiger partial charge is 0.490 e. The Morgan fingerprint density at radius 1 is 1.15 bits per heavy atom. The molecule has 3 unspecified atom stereocenters. The normalized spacial score (nSPS) is 22.5. The Morgan fingerprint density at radius 2 is 1.97 bits per heavy atom. The number of nitrogens with one attached hydrogen (secondary N) is 2. The van der Waals surface area contributed by atoms with Gasteiger partial charge in [-0.25, -0.2) is 0 Å². The summed E-state index contributed by atoms with van der Waals surface area (Å²) in [5.74, 6) is 1.85. The Balaban J connectivity index is 1.42. The zero-order valence-corrected chi connectivity index (χ0v) is 23.2. The second kappa shape index (κ2) is 9.64. The molecule has 3 aromatic rings. The first-order valence-electron chi connectivity index (χ1n) is 13.1. The molecule has 0 radical (unpaired) electrons. The van der Waals surface area contributed by atoms with E-state index in [1.54, 1.807) is 0 Å². The van der Waals surface area contributed by atoms with Crippen molar-refractivity contribution in [1.29, 1.82) is 0 Å². The van der Waals surface area contributed by atoms with Crippen LogP contribution in [0.4, 0.5) is 5.69 Å². The summed E-state index contributed by atoms with van der Waals surface area (Å²) in [5.41, 5.74) is 3.57. The monoisotopic (exact) mass is 545 g/mol. The van der Waals surface area contributed by atoms with Gasteiger partial charge in [-0.15, -0.1) is 0 Å². The number of anilines is 1. The highest BCUT2D eigenvalue weighted by Gasteiger charge is 2.59. The van der Waals surface area contributed by atoms with E-state index in [9.17, 15) is 4.79 Å². The fourth-order valence-corrected chi connectivity index (χ4v) is 6.09. The minimum Gasteiger partial charge on any atom is -0.490 e. The van der Waals surface area contributed by atoms with Gasteiger partial charge >= 0.3 is 0 Å². The highest BCUT2D eigenvalue weighted by molar-refractivity contribution is 7.80. The maximum Gasteiger partial charge on any atom is 0.236 e. The Morgan fingerprint density at radius 3 is 2.77 bits per heavy atom. The van der Waals surface area contributed by atoms with E-state index in [1.807, 2.05) is 81.1 Å². The highest BCUT2D eigenvalue weighted by atomic mass is 32.1. The minimum absolute atomic E-state index is 0.160. The summed E-state index contributed by atoms with van der Waals surface area (Å²) < 4.78 is 23.8. The molecule has 6 rings (SSSR count). The molecule has 3 aromatic carbocycles. The predicted octanol–water partition coefficient (Wildman–Crippen LogP) is 5.23. The average molecular weight is 546 g/mol. The molecule has 2 N–H and O–H groups in total. The van der Waals surface area contributed by atoms with Crippen molar-refractivity contribution in [3.63, 3.8) is 0 Å². The maximum absolute atomic E-state index is 14.1. The van der Waals surface area contributed by atoms with E-state index < -0.39 is 17.7 Å². The molecule has 0 aromatic heterocycles. The molecule has 1 fully saturated rings. The molecule has 9 heteroatoms. The number of benzene rings is 3. The number of para-hydroxylation sites is 1. The molecule has 0 saturated carbocycles. The number of aryl methyl sites for hydroxylation is 2. The van der Waals surface area contributed by atoms with Gasteiger partial charge in [-0.3, -0.25) is 4.79 Å². The van der Waals surface area contributed by atoms with E-state index in [1.165, 1.54) is 0 Å². The number of amides is 1. The molecule has 1 saturated heterocycles. The van der Waals surface area contributed by atoms with Crippen LogP contribution in [0, 0.1) is 19.8 Å². The number of thiocarbonyl (C=S) groups is 1. The van der Waals surface area contributed by atoms with Crippen LogP contribution in [0.15, 0.2) is 54.6 Å². The van der Waals surface area contributed by atoms with Crippen molar-refractivity contribution in [3.8, 4) is 23.0 Å². The Bertz CT molecular complexity index is 1480. The number of hydrogen-bond donors (Lipinski definition) is 2. The van der Waals surface area contributed by atoms with E-state index in [4.69, 9.17) is 31.2 Å². The summed E-state index contributed by atoms with van der Waals surface area (Å²) in [4.78, 5) is 16.1. The number of hydrogen-bond acceptors (Lipinski definition) is 6. The fraction of sp³-hybridized carbons (Fsp3) is 0.333. The lowest BCUT2D eigenvalue weighted by Crippen LogP contribution is -2.71. The van der Waals surface area contributed by atoms with Gasteiger partial charge in [0.15, 0.2) is 33.8 Å². The molecule has 202 valence electrons. The molecule has 3 aliphatic rings. The van der Waals surface area contributed by atoms with Crippen molar-refractivity contribution in [2.45, 2.75) is 46.0 Å². The van der Waals surface area contributed by atoms with Crippen LogP contribution >= 0.6 is 12.2 Å². The summed E-state index contributed by atoms with van der Waals surface area (Å²) in [6.07, 6.45) is 0. The van der Waals surface area contributed by atoms with Crippen LogP contribution in [-0.2, 0) is 11.3 Å². The average Bonchev–Trinajstić information content (AvgIpc) is 3.37. The lowest BCUT2D eigenvalue weighted by molar-refractivity contribution is -0.151. The van der Waals surface area contributed by atoms with E-state index in [2.05, 4.69) is 16.7 Å². The predicted molar refractivity (Wildman–Crippen MR) is 151 cm³/mol. The Kier molecular flexibility index (Phi) is 6.26. The van der Waals surface area contributed by atoms with Crippen molar-refractivity contribution in [2.24, 2.45) is 5.92 Å². The highest BCUT2D eigenvalue weighted by Crippen LogP contribution is 2.52. The lowest BCUT2D eigenvalue weighted by Gasteiger charge is -2.56. The van der Waals surface area contributed by atoms with Crippen LogP contribution in [0.1, 0.15) is 42.1 Å². The van der Waals surface area contributed by atoms with Crippen molar-refractivity contribution in [1.82, 2.24) is 10.2 Å². The molecule has 39 heavy (non-hydrogen) atoms. The summed E-state index contributed by atoms with van der Waals surface area (Å²) in [6, 6.07) is 17.1. The van der Waals surface area contributed by atoms with Gasteiger partial charge in [-0.05, 0) is 75.3 Å². The van der Waals surface area contributed by atoms with E-state index in [0.29, 0.717) is 41.3 Å². The number of carbonyl (C=O) groups excluding carboxylic acids is 1. The summed E-state index contributed by atoms with van der Waals surface area (Å²) in [7, 11) is 0. The van der Waals surface area contributed by atoms with Crippen LogP contribution in [0.25, 0.3) is 0 Å². The topological polar surface area (TPSA) is 81.3 Å². The van der Waals surface area contributed by atoms with Gasteiger partial charge in [0.1, 0.15) is 5.92 Å². The van der Waals surface area contributed by atoms with Crippen LogP contribution in [0.5, 0.6) is 23.0 Å². The third-order valence-corrected chi connectivity index (χ3v) is 7.96. The minimum atomic E-state index is -1.12. The number of fused-ring (bicyclic) bond motifs is 5. The SMILES string of the molecule is CCOc1cccc2c1OC1(C)C(C(=O)Nc3ccc(C)cc3C)C2NC(=S)N1Cc1ccc2c(c1)OCO2. The maximum atomic E-state index is 14.1. The first kappa shape index (κ1) is 25.3. The summed E-state index contributed by atoms with van der Waals surface area (Å²) >= 11 is 5.89. The molecule has 0 spiro atoms. The molecule has 3 heterocycles. The van der Waals surface area contributed by atoms with Gasteiger partial charge in [0.05, 0.1) is 12.6 Å². The standard InChI is InChI=1S/C30H31N3O5S/c1-5-35-23-8-6-7-20-26-25(28(34)31-21-11-9-17(2)13-18(21)3)30(4,38-27(20)23)33(29(39)32-26)15-19-10-12-22-24(14-19)37-16-36-22/h6-14,25-26H,5,15-16H2,1-4H3,(H,31,34)(H,32,39). The lowest BCUT2D eigenvalue weighted by atomic mass is 9.78.